The summed E-state index contributed by atoms with van der Waals surface area (Å²) in [6.45, 7) is 9.84. The zero-order chi connectivity index (χ0) is 10.1. The molecule has 0 saturated carbocycles. The number of nitrogens with zero attached hydrogens (tertiary/aromatic N) is 1. The van der Waals surface area contributed by atoms with E-state index in [0.717, 1.165) is 12.5 Å². The minimum atomic E-state index is 0. The maximum Gasteiger partial charge on any atom is 0.0558 e. The molecule has 0 aromatic rings. The molecule has 1 aliphatic heterocycles. The quantitative estimate of drug-likeness (QED) is 0.853. The van der Waals surface area contributed by atoms with Crippen LogP contribution in [0.5, 0.6) is 0 Å². The molecule has 0 aromatic carbocycles. The van der Waals surface area contributed by atoms with Crippen LogP contribution in [0.15, 0.2) is 0 Å². The molecule has 1 saturated heterocycles. The second kappa shape index (κ2) is 12.1. The molecule has 2 nitrogen and oxygen atoms in total. The summed E-state index contributed by atoms with van der Waals surface area (Å²) in [5.74, 6) is 0.949. The summed E-state index contributed by atoms with van der Waals surface area (Å²) in [4.78, 5) is 2.35. The predicted octanol–water partition coefficient (Wildman–Crippen LogP) is 2.12. The second-order valence-electron chi connectivity index (χ2n) is 3.42. The van der Waals surface area contributed by atoms with Gasteiger partial charge in [0.05, 0.1) is 6.61 Å². The summed E-state index contributed by atoms with van der Waals surface area (Å²) < 4.78 is 0. The van der Waals surface area contributed by atoms with Gasteiger partial charge in [-0.1, -0.05) is 27.2 Å². The van der Waals surface area contributed by atoms with Gasteiger partial charge in [-0.15, -0.1) is 0 Å². The van der Waals surface area contributed by atoms with E-state index in [9.17, 15) is 0 Å². The van der Waals surface area contributed by atoms with E-state index >= 15 is 0 Å². The van der Waals surface area contributed by atoms with Gasteiger partial charge in [0.15, 0.2) is 0 Å². The summed E-state index contributed by atoms with van der Waals surface area (Å²) in [6.07, 6.45) is 3.99. The molecule has 0 aromatic heterocycles. The first kappa shape index (κ1) is 17.4. The van der Waals surface area contributed by atoms with E-state index < -0.39 is 0 Å². The fourth-order valence-electron chi connectivity index (χ4n) is 1.76. The van der Waals surface area contributed by atoms with Crippen molar-refractivity contribution in [3.8, 4) is 0 Å². The van der Waals surface area contributed by atoms with Crippen LogP contribution in [0.3, 0.4) is 0 Å². The normalized spacial score (nSPS) is 18.0. The molecule has 0 spiro atoms. The number of likely N-dealkylation sites (tertiary alicyclic amines) is 1. The number of piperidine rings is 1. The number of hydrogen-bond acceptors (Lipinski definition) is 2. The van der Waals surface area contributed by atoms with Crippen molar-refractivity contribution in [1.29, 1.82) is 0 Å². The van der Waals surface area contributed by atoms with Crippen molar-refractivity contribution in [3.63, 3.8) is 0 Å². The van der Waals surface area contributed by atoms with Crippen LogP contribution in [-0.4, -0.2) is 36.2 Å². The molecular weight excluding hydrogens is 251 g/mol. The first-order valence-corrected chi connectivity index (χ1v) is 5.70. The Balaban J connectivity index is 0. The van der Waals surface area contributed by atoms with Gasteiger partial charge in [0.1, 0.15) is 0 Å². The summed E-state index contributed by atoms with van der Waals surface area (Å²) >= 11 is 0. The van der Waals surface area contributed by atoms with Gasteiger partial charge < -0.3 is 10.0 Å². The molecule has 0 bridgehead atoms. The van der Waals surface area contributed by atoms with E-state index in [-0.39, 0.29) is 32.7 Å². The maximum atomic E-state index is 8.70. The Hall–Kier alpha value is 1.02. The fourth-order valence-corrected chi connectivity index (χ4v) is 1.76. The molecule has 1 N–H and O–H groups in total. The molecule has 1 fully saturated rings. The Kier molecular flexibility index (Phi) is 15.0. The maximum absolute atomic E-state index is 8.70. The van der Waals surface area contributed by atoms with Crippen molar-refractivity contribution in [3.05, 3.63) is 0 Å². The van der Waals surface area contributed by atoms with Gasteiger partial charge in [0.2, 0.25) is 0 Å². The SMILES string of the molecule is CC.CCC1CCN(CCO)CC1.[Y]. The van der Waals surface area contributed by atoms with Crippen molar-refractivity contribution in [2.75, 3.05) is 26.2 Å². The van der Waals surface area contributed by atoms with Crippen molar-refractivity contribution in [2.24, 2.45) is 5.92 Å². The van der Waals surface area contributed by atoms with Gasteiger partial charge in [-0.3, -0.25) is 0 Å². The molecule has 0 amide bonds. The van der Waals surface area contributed by atoms with Crippen LogP contribution in [0, 0.1) is 5.92 Å². The Morgan fingerprint density at radius 2 is 1.71 bits per heavy atom. The van der Waals surface area contributed by atoms with Crippen molar-refractivity contribution in [1.82, 2.24) is 4.90 Å². The number of aliphatic hydroxyl groups excluding tert-OH is 1. The van der Waals surface area contributed by atoms with Crippen LogP contribution < -0.4 is 0 Å². The smallest absolute Gasteiger partial charge is 0.0558 e. The Bertz CT molecular complexity index is 103. The molecular formula is C11H25NOY. The largest absolute Gasteiger partial charge is 0.395 e. The third-order valence-electron chi connectivity index (χ3n) is 2.70. The van der Waals surface area contributed by atoms with Crippen LogP contribution in [0.25, 0.3) is 0 Å². The summed E-state index contributed by atoms with van der Waals surface area (Å²) in [5.41, 5.74) is 0. The molecule has 83 valence electrons. The van der Waals surface area contributed by atoms with Crippen molar-refractivity contribution < 1.29 is 37.8 Å². The number of aliphatic hydroxyl groups is 1. The Morgan fingerprint density at radius 1 is 1.21 bits per heavy atom. The first-order valence-electron chi connectivity index (χ1n) is 5.70. The molecule has 1 rings (SSSR count). The van der Waals surface area contributed by atoms with Crippen molar-refractivity contribution in [2.45, 2.75) is 40.0 Å². The van der Waals surface area contributed by atoms with Crippen LogP contribution in [0.4, 0.5) is 0 Å². The molecule has 1 heterocycles. The monoisotopic (exact) mass is 276 g/mol. The van der Waals surface area contributed by atoms with Gasteiger partial charge in [0, 0.05) is 39.3 Å². The molecule has 14 heavy (non-hydrogen) atoms. The zero-order valence-corrected chi connectivity index (χ0v) is 12.8. The number of β-amino-alcohol motifs (C(OH)–C–C–N with tert-alkyl or cyclic N) is 1. The average molecular weight is 276 g/mol. The van der Waals surface area contributed by atoms with Gasteiger partial charge in [-0.05, 0) is 31.8 Å². The summed E-state index contributed by atoms with van der Waals surface area (Å²) in [7, 11) is 0. The second-order valence-corrected chi connectivity index (χ2v) is 3.42. The molecule has 0 unspecified atom stereocenters. The Labute approximate surface area is 114 Å². The molecule has 0 atom stereocenters. The van der Waals surface area contributed by atoms with E-state index in [0.29, 0.717) is 6.61 Å². The molecule has 0 aliphatic carbocycles. The average Bonchev–Trinajstić information content (AvgIpc) is 2.23. The van der Waals surface area contributed by atoms with E-state index in [1.54, 1.807) is 0 Å². The molecule has 3 heteroatoms. The number of hydrogen-bond donors (Lipinski definition) is 1. The third-order valence-corrected chi connectivity index (χ3v) is 2.70. The molecule has 1 radical (unpaired) electrons. The zero-order valence-electron chi connectivity index (χ0n) is 10.00. The van der Waals surface area contributed by atoms with Crippen LogP contribution in [0.1, 0.15) is 40.0 Å². The van der Waals surface area contributed by atoms with Gasteiger partial charge in [-0.2, -0.15) is 0 Å². The van der Waals surface area contributed by atoms with Crippen LogP contribution in [-0.2, 0) is 32.7 Å². The van der Waals surface area contributed by atoms with E-state index in [4.69, 9.17) is 5.11 Å². The van der Waals surface area contributed by atoms with E-state index in [1.807, 2.05) is 13.8 Å². The summed E-state index contributed by atoms with van der Waals surface area (Å²) in [6, 6.07) is 0. The minimum absolute atomic E-state index is 0. The fraction of sp³-hybridized carbons (Fsp3) is 1.00. The van der Waals surface area contributed by atoms with Crippen molar-refractivity contribution >= 4 is 0 Å². The van der Waals surface area contributed by atoms with Gasteiger partial charge >= 0.3 is 0 Å². The topological polar surface area (TPSA) is 23.5 Å². The van der Waals surface area contributed by atoms with E-state index in [2.05, 4.69) is 11.8 Å². The number of rotatable bonds is 3. The molecule has 1 aliphatic rings. The van der Waals surface area contributed by atoms with Crippen LogP contribution >= 0.6 is 0 Å². The summed E-state index contributed by atoms with van der Waals surface area (Å²) in [5, 5.41) is 8.70. The first-order chi connectivity index (χ1) is 6.36. The van der Waals surface area contributed by atoms with Gasteiger partial charge in [-0.25, -0.2) is 0 Å². The Morgan fingerprint density at radius 3 is 2.07 bits per heavy atom. The third kappa shape index (κ3) is 7.33. The van der Waals surface area contributed by atoms with Crippen LogP contribution in [0.2, 0.25) is 0 Å². The minimum Gasteiger partial charge on any atom is -0.395 e. The predicted molar refractivity (Wildman–Crippen MR) is 57.9 cm³/mol. The van der Waals surface area contributed by atoms with Gasteiger partial charge in [0.25, 0.3) is 0 Å². The van der Waals surface area contributed by atoms with E-state index in [1.165, 1.54) is 32.4 Å². The standard InChI is InChI=1S/C9H19NO.C2H6.Y/c1-2-9-3-5-10(6-4-9)7-8-11;1-2;/h9,11H,2-8H2,1H3;1-2H3;.